The van der Waals surface area contributed by atoms with Crippen LogP contribution in [0.2, 0.25) is 0 Å². The third-order valence-corrected chi connectivity index (χ3v) is 2.00. The molecule has 0 aliphatic heterocycles. The third kappa shape index (κ3) is 2.33. The molecule has 4 nitrogen and oxygen atoms in total. The van der Waals surface area contributed by atoms with E-state index in [9.17, 15) is 18.4 Å². The van der Waals surface area contributed by atoms with Crippen molar-refractivity contribution in [3.8, 4) is 5.75 Å². The lowest BCUT2D eigenvalue weighted by Crippen LogP contribution is -2.09. The minimum atomic E-state index is -3.04. The van der Waals surface area contributed by atoms with Crippen molar-refractivity contribution in [3.63, 3.8) is 0 Å². The van der Waals surface area contributed by atoms with Gasteiger partial charge in [-0.25, -0.2) is 4.79 Å². The Balaban J connectivity index is 3.31. The van der Waals surface area contributed by atoms with Crippen LogP contribution in [-0.2, 0) is 0 Å². The molecule has 0 unspecified atom stereocenters. The maximum Gasteiger partial charge on any atom is 0.387 e. The van der Waals surface area contributed by atoms with E-state index >= 15 is 0 Å². The van der Waals surface area contributed by atoms with E-state index < -0.39 is 12.6 Å². The van der Waals surface area contributed by atoms with E-state index in [1.165, 1.54) is 6.92 Å². The minimum absolute atomic E-state index is 0.00241. The Morgan fingerprint density at radius 3 is 2.56 bits per heavy atom. The van der Waals surface area contributed by atoms with E-state index in [0.717, 1.165) is 12.1 Å². The third-order valence-electron chi connectivity index (χ3n) is 2.00. The first-order valence-corrected chi connectivity index (χ1v) is 4.24. The van der Waals surface area contributed by atoms with Gasteiger partial charge in [-0.1, -0.05) is 0 Å². The van der Waals surface area contributed by atoms with Crippen molar-refractivity contribution >= 4 is 12.3 Å². The van der Waals surface area contributed by atoms with Crippen molar-refractivity contribution in [1.29, 1.82) is 0 Å². The molecule has 0 amide bonds. The van der Waals surface area contributed by atoms with E-state index in [2.05, 4.69) is 4.74 Å². The zero-order chi connectivity index (χ0) is 12.3. The molecular formula is C10H8F2O4. The largest absolute Gasteiger partial charge is 0.478 e. The molecule has 6 heteroatoms. The molecule has 1 rings (SSSR count). The van der Waals surface area contributed by atoms with Gasteiger partial charge >= 0.3 is 12.6 Å². The summed E-state index contributed by atoms with van der Waals surface area (Å²) in [6, 6.07) is 2.26. The van der Waals surface area contributed by atoms with Crippen LogP contribution in [0.15, 0.2) is 12.1 Å². The van der Waals surface area contributed by atoms with E-state index in [0.29, 0.717) is 6.29 Å². The summed E-state index contributed by atoms with van der Waals surface area (Å²) in [5, 5.41) is 8.83. The molecule has 0 saturated heterocycles. The maximum absolute atomic E-state index is 12.0. The lowest BCUT2D eigenvalue weighted by molar-refractivity contribution is -0.0503. The molecule has 0 saturated carbocycles. The Hall–Kier alpha value is -1.98. The molecule has 0 aromatic heterocycles. The van der Waals surface area contributed by atoms with Gasteiger partial charge in [-0.05, 0) is 19.1 Å². The van der Waals surface area contributed by atoms with Crippen molar-refractivity contribution in [1.82, 2.24) is 0 Å². The van der Waals surface area contributed by atoms with Gasteiger partial charge in [-0.2, -0.15) is 8.78 Å². The summed E-state index contributed by atoms with van der Waals surface area (Å²) in [6.45, 7) is -1.74. The second kappa shape index (κ2) is 4.69. The number of carbonyl (C=O) groups excluding carboxylic acids is 1. The summed E-state index contributed by atoms with van der Waals surface area (Å²) in [6.07, 6.45) is 0.350. The smallest absolute Gasteiger partial charge is 0.387 e. The zero-order valence-electron chi connectivity index (χ0n) is 8.24. The molecule has 0 spiro atoms. The van der Waals surface area contributed by atoms with Crippen molar-refractivity contribution in [2.24, 2.45) is 0 Å². The number of halogens is 2. The van der Waals surface area contributed by atoms with Crippen molar-refractivity contribution in [2.75, 3.05) is 0 Å². The summed E-state index contributed by atoms with van der Waals surface area (Å²) in [5.41, 5.74) is -0.405. The number of hydrogen-bond acceptors (Lipinski definition) is 3. The van der Waals surface area contributed by atoms with Crippen LogP contribution < -0.4 is 4.74 Å². The van der Waals surface area contributed by atoms with Gasteiger partial charge < -0.3 is 9.84 Å². The molecule has 86 valence electrons. The van der Waals surface area contributed by atoms with Crippen molar-refractivity contribution in [2.45, 2.75) is 13.5 Å². The maximum atomic E-state index is 12.0. The Morgan fingerprint density at radius 1 is 1.50 bits per heavy atom. The molecule has 1 aromatic carbocycles. The molecule has 0 heterocycles. The first-order chi connectivity index (χ1) is 7.47. The fourth-order valence-electron chi connectivity index (χ4n) is 1.32. The number of carboxylic acid groups (broad SMARTS) is 1. The molecular weight excluding hydrogens is 222 g/mol. The highest BCUT2D eigenvalue weighted by Crippen LogP contribution is 2.25. The van der Waals surface area contributed by atoms with Crippen LogP contribution in [0.5, 0.6) is 5.75 Å². The Morgan fingerprint density at radius 2 is 2.12 bits per heavy atom. The molecule has 1 aromatic rings. The average molecular weight is 230 g/mol. The molecule has 0 atom stereocenters. The molecule has 0 fully saturated rings. The monoisotopic (exact) mass is 230 g/mol. The van der Waals surface area contributed by atoms with Gasteiger partial charge in [-0.15, -0.1) is 0 Å². The SMILES string of the molecule is Cc1c(OC(F)F)ccc(C=O)c1C(=O)O. The van der Waals surface area contributed by atoms with Gasteiger partial charge in [-0.3, -0.25) is 4.79 Å². The second-order valence-corrected chi connectivity index (χ2v) is 2.95. The van der Waals surface area contributed by atoms with Crippen LogP contribution in [0.3, 0.4) is 0 Å². The number of carbonyl (C=O) groups is 2. The number of aldehydes is 1. The number of ether oxygens (including phenoxy) is 1. The topological polar surface area (TPSA) is 63.6 Å². The second-order valence-electron chi connectivity index (χ2n) is 2.95. The van der Waals surface area contributed by atoms with Crippen LogP contribution in [0, 0.1) is 6.92 Å². The van der Waals surface area contributed by atoms with Gasteiger partial charge in [0, 0.05) is 11.1 Å². The number of carboxylic acids is 1. The Bertz CT molecular complexity index is 429. The van der Waals surface area contributed by atoms with Gasteiger partial charge in [0.05, 0.1) is 5.56 Å². The molecule has 0 aliphatic rings. The summed E-state index contributed by atoms with van der Waals surface area (Å²) in [4.78, 5) is 21.4. The lowest BCUT2D eigenvalue weighted by Gasteiger charge is -2.11. The van der Waals surface area contributed by atoms with Gasteiger partial charge in [0.25, 0.3) is 0 Å². The Labute approximate surface area is 89.5 Å². The number of rotatable bonds is 4. The summed E-state index contributed by atoms with van der Waals surface area (Å²) < 4.78 is 28.1. The summed E-state index contributed by atoms with van der Waals surface area (Å²) in [5.74, 6) is -1.61. The van der Waals surface area contributed by atoms with E-state index in [4.69, 9.17) is 5.11 Å². The van der Waals surface area contributed by atoms with E-state index in [-0.39, 0.29) is 22.4 Å². The quantitative estimate of drug-likeness (QED) is 0.804. The standard InChI is InChI=1S/C10H8F2O4/c1-5-7(16-10(11)12)3-2-6(4-13)8(5)9(14)15/h2-4,10H,1H3,(H,14,15). The fraction of sp³-hybridized carbons (Fsp3) is 0.200. The predicted molar refractivity (Wildman–Crippen MR) is 50.2 cm³/mol. The number of aromatic carboxylic acids is 1. The normalized spacial score (nSPS) is 10.2. The average Bonchev–Trinajstić information content (AvgIpc) is 2.19. The van der Waals surface area contributed by atoms with Gasteiger partial charge in [0.1, 0.15) is 5.75 Å². The number of hydrogen-bond donors (Lipinski definition) is 1. The van der Waals surface area contributed by atoms with Crippen molar-refractivity contribution < 1.29 is 28.2 Å². The summed E-state index contributed by atoms with van der Waals surface area (Å²) in [7, 11) is 0. The first kappa shape index (κ1) is 12.1. The fourth-order valence-corrected chi connectivity index (χ4v) is 1.32. The molecule has 16 heavy (non-hydrogen) atoms. The molecule has 1 N–H and O–H groups in total. The summed E-state index contributed by atoms with van der Waals surface area (Å²) >= 11 is 0. The Kier molecular flexibility index (Phi) is 3.55. The van der Waals surface area contributed by atoms with Crippen LogP contribution in [0.4, 0.5) is 8.78 Å². The first-order valence-electron chi connectivity index (χ1n) is 4.24. The van der Waals surface area contributed by atoms with Gasteiger partial charge in [0.15, 0.2) is 6.29 Å². The zero-order valence-corrected chi connectivity index (χ0v) is 8.24. The highest BCUT2D eigenvalue weighted by molar-refractivity contribution is 5.99. The van der Waals surface area contributed by atoms with Crippen LogP contribution in [0.1, 0.15) is 26.3 Å². The highest BCUT2D eigenvalue weighted by Gasteiger charge is 2.18. The van der Waals surface area contributed by atoms with E-state index in [1.54, 1.807) is 0 Å². The predicted octanol–water partition coefficient (Wildman–Crippen LogP) is 2.11. The van der Waals surface area contributed by atoms with Crippen LogP contribution in [-0.4, -0.2) is 24.0 Å². The molecule has 0 aliphatic carbocycles. The molecule has 0 radical (unpaired) electrons. The van der Waals surface area contributed by atoms with Crippen LogP contribution in [0.25, 0.3) is 0 Å². The molecule has 0 bridgehead atoms. The lowest BCUT2D eigenvalue weighted by atomic mass is 10.0. The highest BCUT2D eigenvalue weighted by atomic mass is 19.3. The van der Waals surface area contributed by atoms with Crippen molar-refractivity contribution in [3.05, 3.63) is 28.8 Å². The number of benzene rings is 1. The number of alkyl halides is 2. The minimum Gasteiger partial charge on any atom is -0.478 e. The van der Waals surface area contributed by atoms with E-state index in [1.807, 2.05) is 0 Å². The van der Waals surface area contributed by atoms with Crippen LogP contribution >= 0.6 is 0 Å². The van der Waals surface area contributed by atoms with Gasteiger partial charge in [0.2, 0.25) is 0 Å².